The van der Waals surface area contributed by atoms with Crippen LogP contribution in [-0.2, 0) is 0 Å². The van der Waals surface area contributed by atoms with E-state index in [1.165, 1.54) is 0 Å². The van der Waals surface area contributed by atoms with Gasteiger partial charge in [-0.2, -0.15) is 0 Å². The van der Waals surface area contributed by atoms with E-state index in [1.807, 2.05) is 13.8 Å². The SMILES string of the molecule is CCC(C)N(C)CCNc1nc(C)nc(NN)c1C. The minimum atomic E-state index is 0.594. The van der Waals surface area contributed by atoms with E-state index < -0.39 is 0 Å². The summed E-state index contributed by atoms with van der Waals surface area (Å²) < 4.78 is 0. The van der Waals surface area contributed by atoms with Crippen molar-refractivity contribution in [3.8, 4) is 0 Å². The van der Waals surface area contributed by atoms with Crippen LogP contribution in [0.2, 0.25) is 0 Å². The topological polar surface area (TPSA) is 79.1 Å². The van der Waals surface area contributed by atoms with Gasteiger partial charge in [0.25, 0.3) is 0 Å². The molecule has 1 aromatic heterocycles. The van der Waals surface area contributed by atoms with Crippen LogP contribution >= 0.6 is 0 Å². The van der Waals surface area contributed by atoms with Gasteiger partial charge in [-0.25, -0.2) is 15.8 Å². The van der Waals surface area contributed by atoms with Gasteiger partial charge in [0.2, 0.25) is 0 Å². The number of nitrogens with zero attached hydrogens (tertiary/aromatic N) is 3. The fourth-order valence-electron chi connectivity index (χ4n) is 1.82. The molecule has 1 unspecified atom stereocenters. The lowest BCUT2D eigenvalue weighted by atomic mass is 10.2. The predicted octanol–water partition coefficient (Wildman–Crippen LogP) is 1.52. The molecular formula is C13H26N6. The van der Waals surface area contributed by atoms with E-state index in [-0.39, 0.29) is 0 Å². The molecule has 0 amide bonds. The van der Waals surface area contributed by atoms with Gasteiger partial charge in [0.15, 0.2) is 0 Å². The first-order valence-corrected chi connectivity index (χ1v) is 6.75. The van der Waals surface area contributed by atoms with Crippen molar-refractivity contribution in [1.82, 2.24) is 14.9 Å². The Balaban J connectivity index is 2.61. The number of hydrazine groups is 1. The molecule has 0 saturated heterocycles. The second-order valence-corrected chi connectivity index (χ2v) is 4.90. The quantitative estimate of drug-likeness (QED) is 0.513. The largest absolute Gasteiger partial charge is 0.368 e. The molecule has 0 radical (unpaired) electrons. The minimum absolute atomic E-state index is 0.594. The molecule has 1 rings (SSSR count). The van der Waals surface area contributed by atoms with Crippen LogP contribution in [0.4, 0.5) is 11.6 Å². The zero-order chi connectivity index (χ0) is 14.4. The Morgan fingerprint density at radius 2 is 1.89 bits per heavy atom. The number of nitrogen functional groups attached to an aromatic ring is 1. The van der Waals surface area contributed by atoms with Crippen molar-refractivity contribution in [3.05, 3.63) is 11.4 Å². The number of nitrogens with two attached hydrogens (primary N) is 1. The zero-order valence-corrected chi connectivity index (χ0v) is 12.6. The van der Waals surface area contributed by atoms with E-state index in [2.05, 4.69) is 46.5 Å². The van der Waals surface area contributed by atoms with Gasteiger partial charge >= 0.3 is 0 Å². The lowest BCUT2D eigenvalue weighted by Crippen LogP contribution is -2.33. The Hall–Kier alpha value is -1.40. The van der Waals surface area contributed by atoms with E-state index in [9.17, 15) is 0 Å². The Labute approximate surface area is 115 Å². The highest BCUT2D eigenvalue weighted by Gasteiger charge is 2.09. The third kappa shape index (κ3) is 4.33. The van der Waals surface area contributed by atoms with Crippen LogP contribution < -0.4 is 16.6 Å². The zero-order valence-electron chi connectivity index (χ0n) is 12.6. The highest BCUT2D eigenvalue weighted by atomic mass is 15.3. The molecule has 1 heterocycles. The Morgan fingerprint density at radius 1 is 1.26 bits per heavy atom. The number of aromatic nitrogens is 2. The van der Waals surface area contributed by atoms with E-state index in [0.29, 0.717) is 17.7 Å². The maximum absolute atomic E-state index is 5.45. The van der Waals surface area contributed by atoms with Gasteiger partial charge in [-0.3, -0.25) is 0 Å². The Morgan fingerprint density at radius 3 is 2.47 bits per heavy atom. The fraction of sp³-hybridized carbons (Fsp3) is 0.692. The maximum Gasteiger partial charge on any atom is 0.148 e. The molecule has 108 valence electrons. The summed E-state index contributed by atoms with van der Waals surface area (Å²) >= 11 is 0. The number of rotatable bonds is 7. The molecule has 4 N–H and O–H groups in total. The molecule has 19 heavy (non-hydrogen) atoms. The summed E-state index contributed by atoms with van der Waals surface area (Å²) in [6, 6.07) is 0.594. The molecule has 6 nitrogen and oxygen atoms in total. The number of likely N-dealkylation sites (N-methyl/N-ethyl adjacent to an activating group) is 1. The lowest BCUT2D eigenvalue weighted by molar-refractivity contribution is 0.261. The standard InChI is InChI=1S/C13H26N6/c1-6-9(2)19(5)8-7-15-12-10(3)13(18-14)17-11(4)16-12/h9H,6-8,14H2,1-5H3,(H2,15,16,17,18). The second kappa shape index (κ2) is 7.25. The first-order valence-electron chi connectivity index (χ1n) is 6.75. The normalized spacial score (nSPS) is 12.6. The predicted molar refractivity (Wildman–Crippen MR) is 80.2 cm³/mol. The van der Waals surface area contributed by atoms with Crippen molar-refractivity contribution in [2.75, 3.05) is 30.9 Å². The molecule has 0 fully saturated rings. The van der Waals surface area contributed by atoms with Gasteiger partial charge < -0.3 is 15.6 Å². The first kappa shape index (κ1) is 15.7. The molecule has 1 aromatic rings. The van der Waals surface area contributed by atoms with E-state index in [0.717, 1.165) is 30.9 Å². The number of aryl methyl sites for hydroxylation is 1. The molecule has 0 aliphatic rings. The van der Waals surface area contributed by atoms with Gasteiger partial charge in [-0.05, 0) is 34.2 Å². The summed E-state index contributed by atoms with van der Waals surface area (Å²) in [6.07, 6.45) is 1.16. The highest BCUT2D eigenvalue weighted by molar-refractivity contribution is 5.56. The van der Waals surface area contributed by atoms with Crippen LogP contribution in [-0.4, -0.2) is 41.0 Å². The van der Waals surface area contributed by atoms with Crippen molar-refractivity contribution in [3.63, 3.8) is 0 Å². The number of hydrogen-bond acceptors (Lipinski definition) is 6. The summed E-state index contributed by atoms with van der Waals surface area (Å²) in [5, 5.41) is 3.35. The molecule has 0 spiro atoms. The minimum Gasteiger partial charge on any atom is -0.368 e. The van der Waals surface area contributed by atoms with Gasteiger partial charge in [-0.1, -0.05) is 6.92 Å². The molecule has 1 atom stereocenters. The maximum atomic E-state index is 5.45. The van der Waals surface area contributed by atoms with Crippen LogP contribution in [0.25, 0.3) is 0 Å². The van der Waals surface area contributed by atoms with Crippen molar-refractivity contribution in [2.24, 2.45) is 5.84 Å². The van der Waals surface area contributed by atoms with Gasteiger partial charge in [0.1, 0.15) is 17.5 Å². The fourth-order valence-corrected chi connectivity index (χ4v) is 1.82. The number of nitrogens with one attached hydrogen (secondary N) is 2. The molecule has 0 aromatic carbocycles. The van der Waals surface area contributed by atoms with Crippen molar-refractivity contribution < 1.29 is 0 Å². The smallest absolute Gasteiger partial charge is 0.148 e. The molecule has 0 bridgehead atoms. The van der Waals surface area contributed by atoms with Crippen LogP contribution in [0.1, 0.15) is 31.7 Å². The molecule has 0 saturated carbocycles. The van der Waals surface area contributed by atoms with E-state index in [1.54, 1.807) is 0 Å². The van der Waals surface area contributed by atoms with Crippen molar-refractivity contribution >= 4 is 11.6 Å². The second-order valence-electron chi connectivity index (χ2n) is 4.90. The first-order chi connectivity index (χ1) is 8.99. The number of hydrogen-bond donors (Lipinski definition) is 3. The molecule has 6 heteroatoms. The molecule has 0 aliphatic carbocycles. The van der Waals surface area contributed by atoms with Crippen molar-refractivity contribution in [1.29, 1.82) is 0 Å². The van der Waals surface area contributed by atoms with Gasteiger partial charge in [0.05, 0.1) is 0 Å². The van der Waals surface area contributed by atoms with Crippen LogP contribution in [0.3, 0.4) is 0 Å². The molecule has 0 aliphatic heterocycles. The van der Waals surface area contributed by atoms with Gasteiger partial charge in [-0.15, -0.1) is 0 Å². The third-order valence-electron chi connectivity index (χ3n) is 3.49. The lowest BCUT2D eigenvalue weighted by Gasteiger charge is -2.23. The van der Waals surface area contributed by atoms with E-state index in [4.69, 9.17) is 5.84 Å². The Kier molecular flexibility index (Phi) is 5.98. The van der Waals surface area contributed by atoms with E-state index >= 15 is 0 Å². The third-order valence-corrected chi connectivity index (χ3v) is 3.49. The summed E-state index contributed by atoms with van der Waals surface area (Å²) in [4.78, 5) is 11.0. The summed E-state index contributed by atoms with van der Waals surface area (Å²) in [5.74, 6) is 7.67. The summed E-state index contributed by atoms with van der Waals surface area (Å²) in [7, 11) is 2.14. The van der Waals surface area contributed by atoms with Crippen molar-refractivity contribution in [2.45, 2.75) is 40.2 Å². The Bertz CT molecular complexity index is 406. The summed E-state index contributed by atoms with van der Waals surface area (Å²) in [6.45, 7) is 10.1. The average molecular weight is 266 g/mol. The summed E-state index contributed by atoms with van der Waals surface area (Å²) in [5.41, 5.74) is 3.55. The van der Waals surface area contributed by atoms with Crippen LogP contribution in [0, 0.1) is 13.8 Å². The number of anilines is 2. The monoisotopic (exact) mass is 266 g/mol. The van der Waals surface area contributed by atoms with Gasteiger partial charge in [0, 0.05) is 24.7 Å². The van der Waals surface area contributed by atoms with Crippen LogP contribution in [0.15, 0.2) is 0 Å². The average Bonchev–Trinajstić information content (AvgIpc) is 2.40. The van der Waals surface area contributed by atoms with Crippen LogP contribution in [0.5, 0.6) is 0 Å². The molecular weight excluding hydrogens is 240 g/mol. The highest BCUT2D eigenvalue weighted by Crippen LogP contribution is 2.18.